The van der Waals surface area contributed by atoms with E-state index in [1.165, 1.54) is 11.6 Å². The summed E-state index contributed by atoms with van der Waals surface area (Å²) in [6, 6.07) is 17.3. The normalized spacial score (nSPS) is 15.0. The number of nitrogens with one attached hydrogen (secondary N) is 1. The Morgan fingerprint density at radius 3 is 2.53 bits per heavy atom. The van der Waals surface area contributed by atoms with Gasteiger partial charge in [-0.15, -0.1) is 0 Å². The number of aromatic nitrogens is 1. The molecule has 0 bridgehead atoms. The molecule has 2 aromatic carbocycles. The number of halogens is 1. The van der Waals surface area contributed by atoms with Crippen molar-refractivity contribution in [2.75, 3.05) is 18.4 Å². The highest BCUT2D eigenvalue weighted by molar-refractivity contribution is 5.92. The van der Waals surface area contributed by atoms with Crippen LogP contribution in [-0.2, 0) is 11.3 Å². The van der Waals surface area contributed by atoms with Crippen LogP contribution in [0.2, 0.25) is 0 Å². The number of benzene rings is 2. The van der Waals surface area contributed by atoms with E-state index in [1.54, 1.807) is 48.7 Å². The van der Waals surface area contributed by atoms with Crippen LogP contribution in [0.4, 0.5) is 10.1 Å². The maximum Gasteiger partial charge on any atom is 0.227 e. The zero-order chi connectivity index (χ0) is 20.8. The number of hydrogen-bond acceptors (Lipinski definition) is 4. The third kappa shape index (κ3) is 5.21. The van der Waals surface area contributed by atoms with Crippen LogP contribution in [0.3, 0.4) is 0 Å². The van der Waals surface area contributed by atoms with Crippen molar-refractivity contribution in [1.29, 1.82) is 0 Å². The van der Waals surface area contributed by atoms with Crippen molar-refractivity contribution in [2.45, 2.75) is 19.4 Å². The summed E-state index contributed by atoms with van der Waals surface area (Å²) in [5, 5.41) is 2.98. The number of likely N-dealkylation sites (tertiary alicyclic amines) is 1. The summed E-state index contributed by atoms with van der Waals surface area (Å²) < 4.78 is 19.2. The topological polar surface area (TPSA) is 54.5 Å². The number of carbonyl (C=O) groups is 1. The van der Waals surface area contributed by atoms with Gasteiger partial charge in [0.05, 0.1) is 0 Å². The molecule has 30 heavy (non-hydrogen) atoms. The van der Waals surface area contributed by atoms with E-state index in [-0.39, 0.29) is 17.6 Å². The Morgan fingerprint density at radius 1 is 1.07 bits per heavy atom. The van der Waals surface area contributed by atoms with Gasteiger partial charge in [-0.3, -0.25) is 14.7 Å². The molecule has 154 valence electrons. The minimum atomic E-state index is -0.412. The quantitative estimate of drug-likeness (QED) is 0.636. The van der Waals surface area contributed by atoms with Crippen molar-refractivity contribution >= 4 is 11.6 Å². The number of hydrogen-bond donors (Lipinski definition) is 1. The molecule has 1 amide bonds. The molecule has 5 nitrogen and oxygen atoms in total. The molecule has 1 aliphatic rings. The SMILES string of the molecule is O=C(Nc1ccc(Oc2ccccc2F)cc1)C1CCN(Cc2cccnc2)CC1. The first kappa shape index (κ1) is 20.0. The first-order valence-corrected chi connectivity index (χ1v) is 10.1. The summed E-state index contributed by atoms with van der Waals surface area (Å²) in [6.45, 7) is 2.65. The van der Waals surface area contributed by atoms with Gasteiger partial charge in [0.1, 0.15) is 5.75 Å². The third-order valence-corrected chi connectivity index (χ3v) is 5.27. The van der Waals surface area contributed by atoms with Crippen LogP contribution in [-0.4, -0.2) is 28.9 Å². The van der Waals surface area contributed by atoms with E-state index in [1.807, 2.05) is 12.3 Å². The predicted octanol–water partition coefficient (Wildman–Crippen LogP) is 4.86. The monoisotopic (exact) mass is 405 g/mol. The van der Waals surface area contributed by atoms with Crippen LogP contribution in [0.1, 0.15) is 18.4 Å². The number of ether oxygens (including phenoxy) is 1. The maximum atomic E-state index is 13.7. The largest absolute Gasteiger partial charge is 0.454 e. The Labute approximate surface area is 175 Å². The molecular weight excluding hydrogens is 381 g/mol. The molecule has 1 saturated heterocycles. The molecule has 1 aliphatic heterocycles. The molecule has 0 spiro atoms. The molecule has 2 heterocycles. The molecule has 0 unspecified atom stereocenters. The van der Waals surface area contributed by atoms with Gasteiger partial charge in [-0.05, 0) is 74.0 Å². The molecule has 1 aromatic heterocycles. The third-order valence-electron chi connectivity index (χ3n) is 5.27. The van der Waals surface area contributed by atoms with Gasteiger partial charge in [-0.25, -0.2) is 4.39 Å². The van der Waals surface area contributed by atoms with Crippen molar-refractivity contribution in [3.8, 4) is 11.5 Å². The van der Waals surface area contributed by atoms with E-state index in [2.05, 4.69) is 21.3 Å². The van der Waals surface area contributed by atoms with Crippen molar-refractivity contribution in [1.82, 2.24) is 9.88 Å². The Hall–Kier alpha value is -3.25. The molecule has 1 N–H and O–H groups in total. The average Bonchev–Trinajstić information content (AvgIpc) is 2.78. The van der Waals surface area contributed by atoms with Crippen molar-refractivity contribution in [3.63, 3.8) is 0 Å². The second-order valence-corrected chi connectivity index (χ2v) is 7.46. The predicted molar refractivity (Wildman–Crippen MR) is 114 cm³/mol. The van der Waals surface area contributed by atoms with Crippen LogP contribution in [0, 0.1) is 11.7 Å². The smallest absolute Gasteiger partial charge is 0.227 e. The zero-order valence-electron chi connectivity index (χ0n) is 16.6. The number of carbonyl (C=O) groups excluding carboxylic acids is 1. The first-order valence-electron chi connectivity index (χ1n) is 10.1. The van der Waals surface area contributed by atoms with Gasteiger partial charge in [0.15, 0.2) is 11.6 Å². The minimum Gasteiger partial charge on any atom is -0.454 e. The van der Waals surface area contributed by atoms with Gasteiger partial charge < -0.3 is 10.1 Å². The first-order chi connectivity index (χ1) is 14.7. The number of pyridine rings is 1. The van der Waals surface area contributed by atoms with Crippen molar-refractivity contribution < 1.29 is 13.9 Å². The highest BCUT2D eigenvalue weighted by Crippen LogP contribution is 2.26. The van der Waals surface area contributed by atoms with Gasteiger partial charge in [0, 0.05) is 30.5 Å². The lowest BCUT2D eigenvalue weighted by atomic mass is 9.95. The second-order valence-electron chi connectivity index (χ2n) is 7.46. The lowest BCUT2D eigenvalue weighted by molar-refractivity contribution is -0.121. The summed E-state index contributed by atoms with van der Waals surface area (Å²) >= 11 is 0. The lowest BCUT2D eigenvalue weighted by Crippen LogP contribution is -2.37. The van der Waals surface area contributed by atoms with Crippen LogP contribution in [0.25, 0.3) is 0 Å². The Kier molecular flexibility index (Phi) is 6.35. The van der Waals surface area contributed by atoms with Crippen molar-refractivity contribution in [2.24, 2.45) is 5.92 Å². The fraction of sp³-hybridized carbons (Fsp3) is 0.250. The van der Waals surface area contributed by atoms with Gasteiger partial charge in [-0.1, -0.05) is 18.2 Å². The minimum absolute atomic E-state index is 0.00416. The van der Waals surface area contributed by atoms with Crippen LogP contribution in [0.15, 0.2) is 73.1 Å². The van der Waals surface area contributed by atoms with Gasteiger partial charge in [0.25, 0.3) is 0 Å². The van der Waals surface area contributed by atoms with E-state index < -0.39 is 5.82 Å². The second kappa shape index (κ2) is 9.50. The van der Waals surface area contributed by atoms with Crippen LogP contribution >= 0.6 is 0 Å². The standard InChI is InChI=1S/C24H24FN3O2/c25-22-5-1-2-6-23(22)30-21-9-7-20(8-10-21)27-24(29)19-11-14-28(15-12-19)17-18-4-3-13-26-16-18/h1-10,13,16,19H,11-12,14-15,17H2,(H,27,29). The molecule has 0 atom stereocenters. The Balaban J connectivity index is 1.26. The molecule has 1 fully saturated rings. The number of amides is 1. The number of rotatable bonds is 6. The summed E-state index contributed by atoms with van der Waals surface area (Å²) in [5.74, 6) is 0.321. The number of piperidine rings is 1. The lowest BCUT2D eigenvalue weighted by Gasteiger charge is -2.31. The fourth-order valence-corrected chi connectivity index (χ4v) is 3.61. The average molecular weight is 405 g/mol. The zero-order valence-corrected chi connectivity index (χ0v) is 16.6. The molecule has 4 rings (SSSR count). The number of nitrogens with zero attached hydrogens (tertiary/aromatic N) is 2. The molecule has 3 aromatic rings. The molecule has 6 heteroatoms. The number of anilines is 1. The summed E-state index contributed by atoms with van der Waals surface area (Å²) in [5.41, 5.74) is 1.90. The van der Waals surface area contributed by atoms with E-state index in [0.717, 1.165) is 32.5 Å². The van der Waals surface area contributed by atoms with Crippen LogP contribution in [0.5, 0.6) is 11.5 Å². The van der Waals surface area contributed by atoms with Gasteiger partial charge in [-0.2, -0.15) is 0 Å². The molecule has 0 saturated carbocycles. The van der Waals surface area contributed by atoms with Crippen LogP contribution < -0.4 is 10.1 Å². The molecular formula is C24H24FN3O2. The van der Waals surface area contributed by atoms with E-state index >= 15 is 0 Å². The molecule has 0 aliphatic carbocycles. The highest BCUT2D eigenvalue weighted by Gasteiger charge is 2.25. The number of para-hydroxylation sites is 1. The van der Waals surface area contributed by atoms with E-state index in [0.29, 0.717) is 11.4 Å². The maximum absolute atomic E-state index is 13.7. The Morgan fingerprint density at radius 2 is 1.83 bits per heavy atom. The van der Waals surface area contributed by atoms with Crippen molar-refractivity contribution in [3.05, 3.63) is 84.4 Å². The fourth-order valence-electron chi connectivity index (χ4n) is 3.61. The van der Waals surface area contributed by atoms with E-state index in [9.17, 15) is 9.18 Å². The van der Waals surface area contributed by atoms with Gasteiger partial charge in [0.2, 0.25) is 5.91 Å². The van der Waals surface area contributed by atoms with E-state index in [4.69, 9.17) is 4.74 Å². The summed E-state index contributed by atoms with van der Waals surface area (Å²) in [7, 11) is 0. The van der Waals surface area contributed by atoms with Gasteiger partial charge >= 0.3 is 0 Å². The Bertz CT molecular complexity index is 971. The highest BCUT2D eigenvalue weighted by atomic mass is 19.1. The summed E-state index contributed by atoms with van der Waals surface area (Å²) in [6.07, 6.45) is 5.33. The summed E-state index contributed by atoms with van der Waals surface area (Å²) in [4.78, 5) is 19.1. The molecule has 0 radical (unpaired) electrons.